The molecule has 0 spiro atoms. The maximum Gasteiger partial charge on any atom is 0.227 e. The van der Waals surface area contributed by atoms with Crippen molar-refractivity contribution in [2.24, 2.45) is 0 Å². The van der Waals surface area contributed by atoms with E-state index in [1.54, 1.807) is 6.20 Å². The van der Waals surface area contributed by atoms with Crippen molar-refractivity contribution >= 4 is 21.6 Å². The summed E-state index contributed by atoms with van der Waals surface area (Å²) in [6, 6.07) is 1.90. The summed E-state index contributed by atoms with van der Waals surface area (Å²) in [7, 11) is -2.95. The standard InChI is InChI=1S/C14H21N5O2S/c20-22(21)9-11-12(10-22)19(8-5-15-11)13-3-4-16-14(17-13)18-6-1-2-7-18/h3-4,11-12,15H,1-2,5-10H2/t11-,12+/m0/s1. The lowest BCUT2D eigenvalue weighted by Crippen LogP contribution is -2.57. The Morgan fingerprint density at radius 1 is 1.18 bits per heavy atom. The number of hydrogen-bond donors (Lipinski definition) is 1. The van der Waals surface area contributed by atoms with Crippen molar-refractivity contribution in [3.8, 4) is 0 Å². The summed E-state index contributed by atoms with van der Waals surface area (Å²) in [4.78, 5) is 13.4. The van der Waals surface area contributed by atoms with E-state index in [2.05, 4.69) is 20.1 Å². The number of aromatic nitrogens is 2. The molecule has 4 heterocycles. The summed E-state index contributed by atoms with van der Waals surface area (Å²) in [5.41, 5.74) is 0. The predicted octanol–water partition coefficient (Wildman–Crippen LogP) is -0.348. The lowest BCUT2D eigenvalue weighted by Gasteiger charge is -2.38. The molecule has 3 saturated heterocycles. The fraction of sp³-hybridized carbons (Fsp3) is 0.714. The van der Waals surface area contributed by atoms with E-state index in [0.717, 1.165) is 37.9 Å². The molecule has 1 N–H and O–H groups in total. The second-order valence-corrected chi connectivity index (χ2v) is 8.46. The fourth-order valence-corrected chi connectivity index (χ4v) is 5.68. The average molecular weight is 323 g/mol. The molecular formula is C14H21N5O2S. The summed E-state index contributed by atoms with van der Waals surface area (Å²) in [5, 5.41) is 3.33. The molecule has 3 aliphatic rings. The molecule has 120 valence electrons. The molecule has 4 rings (SSSR count). The molecule has 3 fully saturated rings. The van der Waals surface area contributed by atoms with Gasteiger partial charge >= 0.3 is 0 Å². The first-order chi connectivity index (χ1) is 10.6. The van der Waals surface area contributed by atoms with Gasteiger partial charge in [-0.25, -0.2) is 13.4 Å². The molecule has 0 radical (unpaired) electrons. The van der Waals surface area contributed by atoms with E-state index in [1.807, 2.05) is 6.07 Å². The minimum atomic E-state index is -2.95. The van der Waals surface area contributed by atoms with Gasteiger partial charge in [0.2, 0.25) is 5.95 Å². The zero-order valence-electron chi connectivity index (χ0n) is 12.5. The topological polar surface area (TPSA) is 78.4 Å². The Morgan fingerprint density at radius 2 is 2.00 bits per heavy atom. The third kappa shape index (κ3) is 2.54. The van der Waals surface area contributed by atoms with Gasteiger partial charge in [-0.15, -0.1) is 0 Å². The zero-order chi connectivity index (χ0) is 15.2. The Hall–Kier alpha value is -1.41. The quantitative estimate of drug-likeness (QED) is 0.797. The van der Waals surface area contributed by atoms with Crippen LogP contribution in [0.4, 0.5) is 11.8 Å². The van der Waals surface area contributed by atoms with Gasteiger partial charge in [0.05, 0.1) is 17.5 Å². The van der Waals surface area contributed by atoms with Crippen molar-refractivity contribution in [2.75, 3.05) is 47.5 Å². The first-order valence-electron chi connectivity index (χ1n) is 7.91. The van der Waals surface area contributed by atoms with Crippen LogP contribution in [0.1, 0.15) is 12.8 Å². The smallest absolute Gasteiger partial charge is 0.227 e. The third-order valence-corrected chi connectivity index (χ3v) is 6.51. The van der Waals surface area contributed by atoms with Crippen LogP contribution in [-0.4, -0.2) is 68.2 Å². The molecule has 1 aromatic rings. The Kier molecular flexibility index (Phi) is 3.45. The van der Waals surface area contributed by atoms with Gasteiger partial charge < -0.3 is 15.1 Å². The highest BCUT2D eigenvalue weighted by molar-refractivity contribution is 7.91. The molecule has 7 nitrogen and oxygen atoms in total. The summed E-state index contributed by atoms with van der Waals surface area (Å²) in [5.74, 6) is 2.07. The van der Waals surface area contributed by atoms with E-state index in [9.17, 15) is 8.42 Å². The maximum atomic E-state index is 11.9. The molecule has 2 atom stereocenters. The first kappa shape index (κ1) is 14.2. The molecule has 0 saturated carbocycles. The summed E-state index contributed by atoms with van der Waals surface area (Å²) < 4.78 is 23.9. The molecule has 8 heteroatoms. The number of piperazine rings is 1. The average Bonchev–Trinajstić information content (AvgIpc) is 3.12. The van der Waals surface area contributed by atoms with Gasteiger partial charge in [0.25, 0.3) is 0 Å². The van der Waals surface area contributed by atoms with Gasteiger partial charge in [0, 0.05) is 38.4 Å². The molecule has 3 aliphatic heterocycles. The summed E-state index contributed by atoms with van der Waals surface area (Å²) >= 11 is 0. The molecule has 0 aromatic carbocycles. The van der Waals surface area contributed by atoms with E-state index < -0.39 is 9.84 Å². The maximum absolute atomic E-state index is 11.9. The summed E-state index contributed by atoms with van der Waals surface area (Å²) in [6.45, 7) is 3.59. The van der Waals surface area contributed by atoms with Crippen LogP contribution >= 0.6 is 0 Å². The highest BCUT2D eigenvalue weighted by atomic mass is 32.2. The number of nitrogens with zero attached hydrogens (tertiary/aromatic N) is 4. The molecule has 22 heavy (non-hydrogen) atoms. The van der Waals surface area contributed by atoms with Crippen LogP contribution in [0.25, 0.3) is 0 Å². The van der Waals surface area contributed by atoms with Gasteiger partial charge in [-0.1, -0.05) is 0 Å². The second kappa shape index (κ2) is 5.34. The third-order valence-electron chi connectivity index (χ3n) is 4.79. The van der Waals surface area contributed by atoms with Crippen LogP contribution in [0.3, 0.4) is 0 Å². The lowest BCUT2D eigenvalue weighted by atomic mass is 10.1. The van der Waals surface area contributed by atoms with Crippen LogP contribution < -0.4 is 15.1 Å². The van der Waals surface area contributed by atoms with E-state index in [0.29, 0.717) is 0 Å². The molecule has 0 unspecified atom stereocenters. The van der Waals surface area contributed by atoms with E-state index in [4.69, 9.17) is 4.98 Å². The van der Waals surface area contributed by atoms with Crippen molar-refractivity contribution in [3.63, 3.8) is 0 Å². The molecule has 0 aliphatic carbocycles. The molecule has 0 bridgehead atoms. The van der Waals surface area contributed by atoms with Gasteiger partial charge in [0.15, 0.2) is 9.84 Å². The van der Waals surface area contributed by atoms with E-state index in [1.165, 1.54) is 12.8 Å². The Labute approximate surface area is 130 Å². The molecule has 0 amide bonds. The Morgan fingerprint density at radius 3 is 2.82 bits per heavy atom. The van der Waals surface area contributed by atoms with E-state index in [-0.39, 0.29) is 23.6 Å². The second-order valence-electron chi connectivity index (χ2n) is 6.31. The normalized spacial score (nSPS) is 30.5. The lowest BCUT2D eigenvalue weighted by molar-refractivity contribution is 0.422. The van der Waals surface area contributed by atoms with Crippen molar-refractivity contribution in [1.29, 1.82) is 0 Å². The minimum absolute atomic E-state index is 0.0138. The molecular weight excluding hydrogens is 302 g/mol. The van der Waals surface area contributed by atoms with Crippen LogP contribution in [0, 0.1) is 0 Å². The van der Waals surface area contributed by atoms with Crippen molar-refractivity contribution in [3.05, 3.63) is 12.3 Å². The van der Waals surface area contributed by atoms with Crippen LogP contribution in [0.15, 0.2) is 12.3 Å². The minimum Gasteiger partial charge on any atom is -0.350 e. The SMILES string of the molecule is O=S1(=O)C[C@@H]2NCCN(c3ccnc(N4CCCC4)n3)[C@@H]2C1. The summed E-state index contributed by atoms with van der Waals surface area (Å²) in [6.07, 6.45) is 4.16. The van der Waals surface area contributed by atoms with Crippen LogP contribution in [0.2, 0.25) is 0 Å². The number of fused-ring (bicyclic) bond motifs is 1. The highest BCUT2D eigenvalue weighted by Crippen LogP contribution is 2.27. The molecule has 1 aromatic heterocycles. The van der Waals surface area contributed by atoms with Crippen LogP contribution in [-0.2, 0) is 9.84 Å². The van der Waals surface area contributed by atoms with Crippen molar-refractivity contribution in [1.82, 2.24) is 15.3 Å². The zero-order valence-corrected chi connectivity index (χ0v) is 13.3. The van der Waals surface area contributed by atoms with Crippen molar-refractivity contribution < 1.29 is 8.42 Å². The van der Waals surface area contributed by atoms with Gasteiger partial charge in [-0.3, -0.25) is 0 Å². The number of nitrogens with one attached hydrogen (secondary N) is 1. The fourth-order valence-electron chi connectivity index (χ4n) is 3.72. The van der Waals surface area contributed by atoms with Crippen LogP contribution in [0.5, 0.6) is 0 Å². The monoisotopic (exact) mass is 323 g/mol. The number of anilines is 2. The number of rotatable bonds is 2. The first-order valence-corrected chi connectivity index (χ1v) is 9.73. The largest absolute Gasteiger partial charge is 0.350 e. The Balaban J connectivity index is 1.62. The van der Waals surface area contributed by atoms with Gasteiger partial charge in [0.1, 0.15) is 5.82 Å². The van der Waals surface area contributed by atoms with E-state index >= 15 is 0 Å². The Bertz CT molecular complexity index is 659. The predicted molar refractivity (Wildman–Crippen MR) is 85.1 cm³/mol. The van der Waals surface area contributed by atoms with Gasteiger partial charge in [-0.05, 0) is 18.9 Å². The number of hydrogen-bond acceptors (Lipinski definition) is 7. The highest BCUT2D eigenvalue weighted by Gasteiger charge is 2.43. The van der Waals surface area contributed by atoms with Crippen molar-refractivity contribution in [2.45, 2.75) is 24.9 Å². The van der Waals surface area contributed by atoms with Gasteiger partial charge in [-0.2, -0.15) is 4.98 Å². The number of sulfone groups is 1.